The number of carbonyl (C=O) groups is 1. The number of hydrogen-bond donors (Lipinski definition) is 1. The first-order valence-corrected chi connectivity index (χ1v) is 5.05. The van der Waals surface area contributed by atoms with Gasteiger partial charge in [0, 0.05) is 13.1 Å². The zero-order valence-electron chi connectivity index (χ0n) is 9.44. The van der Waals surface area contributed by atoms with E-state index in [1.807, 2.05) is 0 Å². The lowest BCUT2D eigenvalue weighted by Gasteiger charge is -2.36. The van der Waals surface area contributed by atoms with Crippen molar-refractivity contribution in [2.24, 2.45) is 5.92 Å². The average Bonchev–Trinajstić information content (AvgIpc) is 2.25. The maximum Gasteiger partial charge on any atom is 0.372 e. The minimum atomic E-state index is -0.921. The number of rotatable bonds is 4. The highest BCUT2D eigenvalue weighted by Crippen LogP contribution is 2.36. The second-order valence-corrected chi connectivity index (χ2v) is 3.75. The number of nitrogens with zero attached hydrogens (tertiary/aromatic N) is 4. The monoisotopic (exact) mass is 254 g/mol. The Bertz CT molecular complexity index is 500. The Morgan fingerprint density at radius 2 is 2.28 bits per heavy atom. The largest absolute Gasteiger partial charge is 0.481 e. The van der Waals surface area contributed by atoms with Crippen LogP contribution in [0.5, 0.6) is 5.88 Å². The smallest absolute Gasteiger partial charge is 0.372 e. The summed E-state index contributed by atoms with van der Waals surface area (Å²) in [6.07, 6.45) is 1.15. The molecule has 0 aromatic carbocycles. The van der Waals surface area contributed by atoms with Gasteiger partial charge >= 0.3 is 11.7 Å². The van der Waals surface area contributed by atoms with E-state index in [2.05, 4.69) is 9.97 Å². The molecule has 1 aromatic rings. The van der Waals surface area contributed by atoms with E-state index in [1.54, 1.807) is 0 Å². The van der Waals surface area contributed by atoms with Crippen molar-refractivity contribution in [3.8, 4) is 5.88 Å². The molecular formula is C9H10N4O5. The third kappa shape index (κ3) is 1.90. The van der Waals surface area contributed by atoms with Gasteiger partial charge in [-0.15, -0.1) is 0 Å². The highest BCUT2D eigenvalue weighted by molar-refractivity contribution is 5.75. The summed E-state index contributed by atoms with van der Waals surface area (Å²) in [6.45, 7) is 0.382. The molecule has 1 saturated heterocycles. The van der Waals surface area contributed by atoms with Gasteiger partial charge in [0.05, 0.1) is 18.0 Å². The summed E-state index contributed by atoms with van der Waals surface area (Å²) in [5.41, 5.74) is -0.344. The van der Waals surface area contributed by atoms with Crippen molar-refractivity contribution in [1.29, 1.82) is 0 Å². The fraction of sp³-hybridized carbons (Fsp3) is 0.444. The predicted octanol–water partition coefficient (Wildman–Crippen LogP) is -0.0858. The molecule has 0 unspecified atom stereocenters. The number of carboxylic acids is 1. The molecule has 9 nitrogen and oxygen atoms in total. The van der Waals surface area contributed by atoms with Crippen LogP contribution in [0.3, 0.4) is 0 Å². The SMILES string of the molecule is COc1ncnc(N2CC(C(=O)O)C2)c1[N+](=O)[O-]. The molecule has 96 valence electrons. The van der Waals surface area contributed by atoms with E-state index in [1.165, 1.54) is 12.0 Å². The quantitative estimate of drug-likeness (QED) is 0.585. The van der Waals surface area contributed by atoms with Crippen LogP contribution in [0.1, 0.15) is 0 Å². The van der Waals surface area contributed by atoms with Crippen LogP contribution < -0.4 is 9.64 Å². The van der Waals surface area contributed by atoms with Gasteiger partial charge in [-0.1, -0.05) is 0 Å². The number of hydrogen-bond acceptors (Lipinski definition) is 7. The lowest BCUT2D eigenvalue weighted by molar-refractivity contribution is -0.385. The Hall–Kier alpha value is -2.45. The second-order valence-electron chi connectivity index (χ2n) is 3.75. The molecule has 9 heteroatoms. The van der Waals surface area contributed by atoms with Crippen LogP contribution in [-0.4, -0.2) is 46.2 Å². The predicted molar refractivity (Wildman–Crippen MR) is 58.6 cm³/mol. The molecule has 18 heavy (non-hydrogen) atoms. The van der Waals surface area contributed by atoms with Crippen LogP contribution in [0.25, 0.3) is 0 Å². The molecule has 1 N–H and O–H groups in total. The number of aliphatic carboxylic acids is 1. The van der Waals surface area contributed by atoms with E-state index < -0.39 is 16.8 Å². The van der Waals surface area contributed by atoms with Crippen molar-refractivity contribution in [1.82, 2.24) is 9.97 Å². The highest BCUT2D eigenvalue weighted by Gasteiger charge is 2.38. The second kappa shape index (κ2) is 4.43. The van der Waals surface area contributed by atoms with Gasteiger partial charge in [-0.25, -0.2) is 4.98 Å². The van der Waals surface area contributed by atoms with Crippen LogP contribution in [0.15, 0.2) is 6.33 Å². The van der Waals surface area contributed by atoms with Gasteiger partial charge in [0.25, 0.3) is 5.88 Å². The number of methoxy groups -OCH3 is 1. The Morgan fingerprint density at radius 1 is 1.61 bits per heavy atom. The van der Waals surface area contributed by atoms with Crippen molar-refractivity contribution in [3.63, 3.8) is 0 Å². The van der Waals surface area contributed by atoms with Crippen LogP contribution in [0.4, 0.5) is 11.5 Å². The zero-order valence-corrected chi connectivity index (χ0v) is 9.44. The molecule has 0 atom stereocenters. The summed E-state index contributed by atoms with van der Waals surface area (Å²) in [4.78, 5) is 30.0. The van der Waals surface area contributed by atoms with Crippen molar-refractivity contribution < 1.29 is 19.6 Å². The molecule has 2 rings (SSSR count). The summed E-state index contributed by atoms with van der Waals surface area (Å²) >= 11 is 0. The normalized spacial score (nSPS) is 15.1. The zero-order chi connectivity index (χ0) is 13.3. The fourth-order valence-corrected chi connectivity index (χ4v) is 1.70. The summed E-state index contributed by atoms with van der Waals surface area (Å²) in [6, 6.07) is 0. The maximum absolute atomic E-state index is 11.0. The topological polar surface area (TPSA) is 119 Å². The Kier molecular flexibility index (Phi) is 2.96. The molecule has 0 amide bonds. The van der Waals surface area contributed by atoms with Crippen molar-refractivity contribution in [3.05, 3.63) is 16.4 Å². The first-order valence-electron chi connectivity index (χ1n) is 5.05. The highest BCUT2D eigenvalue weighted by atomic mass is 16.6. The molecule has 0 saturated carbocycles. The summed E-state index contributed by atoms with van der Waals surface area (Å²) in [5, 5.41) is 19.7. The van der Waals surface area contributed by atoms with E-state index in [9.17, 15) is 14.9 Å². The van der Waals surface area contributed by atoms with Crippen LogP contribution in [0.2, 0.25) is 0 Å². The van der Waals surface area contributed by atoms with Crippen LogP contribution in [0, 0.1) is 16.0 Å². The van der Waals surface area contributed by atoms with Crippen molar-refractivity contribution in [2.75, 3.05) is 25.1 Å². The molecule has 0 aliphatic carbocycles. The number of nitro groups is 1. The van der Waals surface area contributed by atoms with Crippen molar-refractivity contribution >= 4 is 17.5 Å². The van der Waals surface area contributed by atoms with Gasteiger partial charge in [0.15, 0.2) is 0 Å². The van der Waals surface area contributed by atoms with E-state index in [0.29, 0.717) is 0 Å². The molecule has 0 bridgehead atoms. The van der Waals surface area contributed by atoms with Gasteiger partial charge in [0.1, 0.15) is 6.33 Å². The number of anilines is 1. The third-order valence-electron chi connectivity index (χ3n) is 2.68. The van der Waals surface area contributed by atoms with E-state index in [0.717, 1.165) is 6.33 Å². The molecule has 0 radical (unpaired) electrons. The Labute approximate surface area is 101 Å². The van der Waals surface area contributed by atoms with E-state index in [-0.39, 0.29) is 30.5 Å². The molecular weight excluding hydrogens is 244 g/mol. The molecule has 1 aliphatic rings. The van der Waals surface area contributed by atoms with Gasteiger partial charge in [0.2, 0.25) is 5.82 Å². The number of ether oxygens (including phenoxy) is 1. The lowest BCUT2D eigenvalue weighted by atomic mass is 10.0. The summed E-state index contributed by atoms with van der Waals surface area (Å²) in [5.74, 6) is -1.49. The van der Waals surface area contributed by atoms with Gasteiger partial charge in [-0.3, -0.25) is 14.9 Å². The maximum atomic E-state index is 11.0. The van der Waals surface area contributed by atoms with E-state index >= 15 is 0 Å². The summed E-state index contributed by atoms with van der Waals surface area (Å²) < 4.78 is 4.80. The average molecular weight is 254 g/mol. The fourth-order valence-electron chi connectivity index (χ4n) is 1.70. The van der Waals surface area contributed by atoms with Crippen LogP contribution in [-0.2, 0) is 4.79 Å². The minimum Gasteiger partial charge on any atom is -0.481 e. The third-order valence-corrected chi connectivity index (χ3v) is 2.68. The Morgan fingerprint density at radius 3 is 2.78 bits per heavy atom. The molecule has 2 heterocycles. The van der Waals surface area contributed by atoms with Crippen molar-refractivity contribution in [2.45, 2.75) is 0 Å². The van der Waals surface area contributed by atoms with Gasteiger partial charge in [-0.2, -0.15) is 4.98 Å². The number of carboxylic acid groups (broad SMARTS) is 1. The minimum absolute atomic E-state index is 0.0874. The van der Waals surface area contributed by atoms with Gasteiger partial charge in [-0.05, 0) is 0 Å². The van der Waals surface area contributed by atoms with E-state index in [4.69, 9.17) is 9.84 Å². The molecule has 0 spiro atoms. The standard InChI is InChI=1S/C9H10N4O5/c1-18-8-6(13(16)17)7(10-4-11-8)12-2-5(3-12)9(14)15/h4-5H,2-3H2,1H3,(H,14,15). The van der Waals surface area contributed by atoms with Gasteiger partial charge < -0.3 is 14.7 Å². The van der Waals surface area contributed by atoms with Crippen LogP contribution >= 0.6 is 0 Å². The molecule has 1 aromatic heterocycles. The lowest BCUT2D eigenvalue weighted by Crippen LogP contribution is -2.51. The molecule has 1 fully saturated rings. The Balaban J connectivity index is 2.29. The number of aromatic nitrogens is 2. The summed E-state index contributed by atoms with van der Waals surface area (Å²) in [7, 11) is 1.27. The molecule has 1 aliphatic heterocycles. The first kappa shape index (κ1) is 12.0. The first-order chi connectivity index (χ1) is 8.54.